The Labute approximate surface area is 363 Å². The van der Waals surface area contributed by atoms with Crippen LogP contribution in [0, 0.1) is 41.5 Å². The van der Waals surface area contributed by atoms with Crippen LogP contribution >= 0.6 is 23.2 Å². The monoisotopic (exact) mass is 886 g/mol. The molecule has 0 aliphatic carbocycles. The number of nitrogens with zero attached hydrogens (tertiary/aromatic N) is 4. The number of hydrogen-bond acceptors (Lipinski definition) is 0. The minimum absolute atomic E-state index is 0. The summed E-state index contributed by atoms with van der Waals surface area (Å²) >= 11 is 9.53. The van der Waals surface area contributed by atoms with Gasteiger partial charge in [-0.3, -0.25) is 0 Å². The number of alkyl halides is 2. The average Bonchev–Trinajstić information content (AvgIpc) is 4.02. The van der Waals surface area contributed by atoms with Crippen molar-refractivity contribution in [3.05, 3.63) is 167 Å². The van der Waals surface area contributed by atoms with Crippen molar-refractivity contribution in [3.63, 3.8) is 0 Å². The van der Waals surface area contributed by atoms with Crippen LogP contribution < -0.4 is 19.9 Å². The quantitative estimate of drug-likeness (QED) is 0.100. The number of hydrogen-bond donors (Lipinski definition) is 0. The van der Waals surface area contributed by atoms with Crippen molar-refractivity contribution in [2.75, 3.05) is 5.34 Å². The van der Waals surface area contributed by atoms with Gasteiger partial charge in [-0.2, -0.15) is 0 Å². The maximum atomic E-state index is 5.52. The van der Waals surface area contributed by atoms with Gasteiger partial charge >= 0.3 is 20.4 Å². The van der Waals surface area contributed by atoms with Crippen molar-refractivity contribution in [2.24, 2.45) is 0 Å². The molecule has 5 aromatic heterocycles. The SMILES string of the molecule is Cc1cc(C)c(-[c+]2c3ccc([n-]3)c(-c3ccccc3)c(-c3ccccc3)c3ccc([n-]3)[c+](-c3c(C)cc(C)cc3C)c3ccc([n-]3)c3ccc2[n-]3)c(C)c1.ClCCl.[Pd+2]. The summed E-state index contributed by atoms with van der Waals surface area (Å²) in [6, 6.07) is 47.2. The van der Waals surface area contributed by atoms with E-state index in [1.165, 1.54) is 33.4 Å². The van der Waals surface area contributed by atoms with Crippen molar-refractivity contribution in [3.8, 4) is 44.5 Å². The molecule has 0 N–H and O–H groups in total. The Morgan fingerprint density at radius 2 is 0.672 bits per heavy atom. The number of benzene rings is 4. The number of halogens is 2. The Morgan fingerprint density at radius 3 is 0.983 bits per heavy atom. The summed E-state index contributed by atoms with van der Waals surface area (Å²) in [6.45, 7) is 13.1. The van der Waals surface area contributed by atoms with Crippen molar-refractivity contribution >= 4 is 67.3 Å². The smallest absolute Gasteiger partial charge is 0.644 e. The van der Waals surface area contributed by atoms with Gasteiger partial charge in [0.1, 0.15) is 0 Å². The zero-order chi connectivity index (χ0) is 39.8. The molecule has 5 heterocycles. The molecule has 8 bridgehead atoms. The summed E-state index contributed by atoms with van der Waals surface area (Å²) in [7, 11) is 0. The number of aromatic nitrogens is 4. The van der Waals surface area contributed by atoms with Gasteiger partial charge in [0.15, 0.2) is 0 Å². The van der Waals surface area contributed by atoms with Crippen molar-refractivity contribution < 1.29 is 20.4 Å². The molecule has 0 aliphatic rings. The molecular formula is C51H42Cl2N4Pd. The number of aryl methyl sites for hydroxylation is 6. The molecule has 4 aromatic carbocycles. The second-order valence-electron chi connectivity index (χ2n) is 14.7. The van der Waals surface area contributed by atoms with E-state index in [9.17, 15) is 0 Å². The molecule has 7 heteroatoms. The molecule has 0 unspecified atom stereocenters. The first kappa shape index (κ1) is 40.9. The summed E-state index contributed by atoms with van der Waals surface area (Å²) < 4.78 is 0. The molecule has 4 nitrogen and oxygen atoms in total. The summed E-state index contributed by atoms with van der Waals surface area (Å²) in [5.41, 5.74) is 22.7. The Hall–Kier alpha value is -5.28. The Kier molecular flexibility index (Phi) is 12.2. The standard InChI is InChI=1S/C50H40N4.CH2Cl2.Pd/c1-29-25-31(3)45(32(4)26-29)49-41-19-17-37(51-41)38-18-20-42(52-38)50(46-33(5)27-30(2)28-34(46)6)44-24-22-40(54-44)48(36-15-11-8-12-16-36)47(35-13-9-7-10-14-35)39-21-23-43(49)53-39;2-1-3;/h7-28H,1-6H3;1H2;/q-2;;+2. The zero-order valence-electron chi connectivity index (χ0n) is 33.3. The van der Waals surface area contributed by atoms with Crippen molar-refractivity contribution in [2.45, 2.75) is 41.5 Å². The Morgan fingerprint density at radius 1 is 0.397 bits per heavy atom. The van der Waals surface area contributed by atoms with Crippen LogP contribution in [0.1, 0.15) is 33.4 Å². The van der Waals surface area contributed by atoms with Crippen LogP contribution in [-0.4, -0.2) is 5.34 Å². The van der Waals surface area contributed by atoms with Crippen LogP contribution in [0.3, 0.4) is 0 Å². The van der Waals surface area contributed by atoms with Crippen molar-refractivity contribution in [1.82, 2.24) is 19.9 Å². The zero-order valence-corrected chi connectivity index (χ0v) is 36.3. The van der Waals surface area contributed by atoms with Gasteiger partial charge in [0.05, 0.1) is 16.5 Å². The molecule has 0 spiro atoms. The fraction of sp³-hybridized carbons (Fsp3) is 0.137. The molecule has 0 fully saturated rings. The van der Waals surface area contributed by atoms with E-state index < -0.39 is 0 Å². The predicted molar refractivity (Wildman–Crippen MR) is 243 cm³/mol. The van der Waals surface area contributed by atoms with Crippen LogP contribution in [0.4, 0.5) is 0 Å². The van der Waals surface area contributed by atoms with Crippen LogP contribution in [0.5, 0.6) is 0 Å². The number of rotatable bonds is 4. The van der Waals surface area contributed by atoms with Crippen LogP contribution in [-0.2, 0) is 20.4 Å². The van der Waals surface area contributed by atoms with Crippen molar-refractivity contribution in [1.29, 1.82) is 0 Å². The van der Waals surface area contributed by atoms with E-state index in [1.807, 2.05) is 0 Å². The third-order valence-electron chi connectivity index (χ3n) is 10.6. The van der Waals surface area contributed by atoms with E-state index in [0.29, 0.717) is 0 Å². The molecule has 9 rings (SSSR count). The van der Waals surface area contributed by atoms with E-state index in [4.69, 9.17) is 43.1 Å². The van der Waals surface area contributed by atoms with Gasteiger partial charge in [-0.05, 0) is 148 Å². The largest absolute Gasteiger partial charge is 2.00 e. The van der Waals surface area contributed by atoms with E-state index in [2.05, 4.69) is 175 Å². The first-order valence-corrected chi connectivity index (χ1v) is 20.2. The van der Waals surface area contributed by atoms with E-state index >= 15 is 0 Å². The van der Waals surface area contributed by atoms with Gasteiger partial charge in [0.2, 0.25) is 0 Å². The predicted octanol–water partition coefficient (Wildman–Crippen LogP) is 13.8. The first-order valence-electron chi connectivity index (χ1n) is 19.1. The van der Waals surface area contributed by atoms with Gasteiger partial charge < -0.3 is 19.9 Å². The summed E-state index contributed by atoms with van der Waals surface area (Å²) in [6.07, 6.45) is 0. The minimum Gasteiger partial charge on any atom is -0.644 e. The summed E-state index contributed by atoms with van der Waals surface area (Å²) in [4.78, 5) is 21.6. The third kappa shape index (κ3) is 7.81. The summed E-state index contributed by atoms with van der Waals surface area (Å²) in [5.74, 6) is 0. The third-order valence-corrected chi connectivity index (χ3v) is 10.6. The number of fused-ring (bicyclic) bond motifs is 9. The Balaban J connectivity index is 0.00000124. The second kappa shape index (κ2) is 17.3. The molecule has 0 aliphatic heterocycles. The maximum absolute atomic E-state index is 5.52. The van der Waals surface area contributed by atoms with Gasteiger partial charge in [0, 0.05) is 33.4 Å². The van der Waals surface area contributed by atoms with E-state index in [-0.39, 0.29) is 25.8 Å². The molecule has 0 radical (unpaired) electrons. The van der Waals surface area contributed by atoms with Gasteiger partial charge in [-0.1, -0.05) is 82.7 Å². The minimum atomic E-state index is 0. The molecule has 290 valence electrons. The topological polar surface area (TPSA) is 56.4 Å². The van der Waals surface area contributed by atoms with E-state index in [1.54, 1.807) is 0 Å². The van der Waals surface area contributed by atoms with Crippen LogP contribution in [0.25, 0.3) is 88.6 Å². The Bertz CT molecular complexity index is 2770. The van der Waals surface area contributed by atoms with Crippen LogP contribution in [0.15, 0.2) is 133 Å². The summed E-state index contributed by atoms with van der Waals surface area (Å²) in [5, 5.41) is 0.194. The maximum Gasteiger partial charge on any atom is 2.00 e. The molecule has 9 aromatic rings. The first-order chi connectivity index (χ1) is 27.6. The van der Waals surface area contributed by atoms with Gasteiger partial charge in [0.25, 0.3) is 0 Å². The molecular weight excluding hydrogens is 846 g/mol. The molecule has 58 heavy (non-hydrogen) atoms. The van der Waals surface area contributed by atoms with E-state index in [0.717, 1.165) is 88.6 Å². The molecule has 0 saturated carbocycles. The molecule has 0 amide bonds. The fourth-order valence-corrected chi connectivity index (χ4v) is 8.54. The van der Waals surface area contributed by atoms with Crippen LogP contribution in [0.2, 0.25) is 0 Å². The molecule has 0 saturated heterocycles. The van der Waals surface area contributed by atoms with Gasteiger partial charge in [-0.25, -0.2) is 0 Å². The normalized spacial score (nSPS) is 11.0. The average molecular weight is 888 g/mol. The second-order valence-corrected chi connectivity index (χ2v) is 15.6. The fourth-order valence-electron chi connectivity index (χ4n) is 8.54. The van der Waals surface area contributed by atoms with Gasteiger partial charge in [-0.15, -0.1) is 45.3 Å². The molecule has 0 atom stereocenters.